The van der Waals surface area contributed by atoms with Crippen molar-refractivity contribution >= 4 is 23.1 Å². The fourth-order valence-electron chi connectivity index (χ4n) is 6.43. The normalized spacial score (nSPS) is 20.4. The van der Waals surface area contributed by atoms with E-state index in [0.29, 0.717) is 62.2 Å². The molecule has 1 aliphatic carbocycles. The third-order valence-electron chi connectivity index (χ3n) is 8.51. The molecular formula is C33H40N6O5. The Bertz CT molecular complexity index is 1580. The molecule has 232 valence electrons. The number of ether oxygens (including phenoxy) is 2. The van der Waals surface area contributed by atoms with Gasteiger partial charge in [-0.05, 0) is 31.9 Å². The number of rotatable bonds is 9. The van der Waals surface area contributed by atoms with Gasteiger partial charge in [-0.1, -0.05) is 43.2 Å². The number of alkyl carbamates (subject to hydrolysis) is 1. The van der Waals surface area contributed by atoms with Crippen LogP contribution in [0.4, 0.5) is 4.79 Å². The molecule has 1 saturated carbocycles. The summed E-state index contributed by atoms with van der Waals surface area (Å²) in [4.78, 5) is 37.7. The molecule has 11 nitrogen and oxygen atoms in total. The van der Waals surface area contributed by atoms with Gasteiger partial charge in [-0.2, -0.15) is 0 Å². The topological polar surface area (TPSA) is 124 Å². The molecule has 2 aromatic heterocycles. The third kappa shape index (κ3) is 6.42. The van der Waals surface area contributed by atoms with Crippen LogP contribution in [0, 0.1) is 6.92 Å². The summed E-state index contributed by atoms with van der Waals surface area (Å²) in [5.41, 5.74) is 3.62. The van der Waals surface area contributed by atoms with Crippen molar-refractivity contribution in [3.63, 3.8) is 0 Å². The summed E-state index contributed by atoms with van der Waals surface area (Å²) in [5.74, 6) is 1.23. The second-order valence-corrected chi connectivity index (χ2v) is 11.4. The van der Waals surface area contributed by atoms with E-state index in [1.807, 2.05) is 60.4 Å². The first-order chi connectivity index (χ1) is 21.5. The van der Waals surface area contributed by atoms with E-state index in [0.717, 1.165) is 42.5 Å². The van der Waals surface area contributed by atoms with Gasteiger partial charge in [0.15, 0.2) is 17.2 Å². The quantitative estimate of drug-likeness (QED) is 0.272. The molecule has 0 radical (unpaired) electrons. The van der Waals surface area contributed by atoms with Gasteiger partial charge in [-0.25, -0.2) is 14.8 Å². The molecule has 44 heavy (non-hydrogen) atoms. The van der Waals surface area contributed by atoms with Crippen molar-refractivity contribution in [3.8, 4) is 17.0 Å². The minimum atomic E-state index is -0.413. The molecule has 2 aromatic carbocycles. The van der Waals surface area contributed by atoms with Gasteiger partial charge in [0, 0.05) is 50.7 Å². The van der Waals surface area contributed by atoms with E-state index in [-0.39, 0.29) is 24.0 Å². The minimum absolute atomic E-state index is 0.0462. The van der Waals surface area contributed by atoms with Crippen molar-refractivity contribution < 1.29 is 23.5 Å². The number of hydrogen-bond donors (Lipinski definition) is 2. The summed E-state index contributed by atoms with van der Waals surface area (Å²) in [6.07, 6.45) is 5.77. The summed E-state index contributed by atoms with van der Waals surface area (Å²) in [7, 11) is 0. The molecule has 4 aromatic rings. The number of carbonyl (C=O) groups excluding carboxylic acids is 2. The molecule has 0 spiro atoms. The number of imidazole rings is 1. The molecule has 2 fully saturated rings. The van der Waals surface area contributed by atoms with Gasteiger partial charge in [0.1, 0.15) is 11.3 Å². The lowest BCUT2D eigenvalue weighted by atomic mass is 9.89. The summed E-state index contributed by atoms with van der Waals surface area (Å²) in [5, 5.41) is 6.50. The number of oxazole rings is 1. The highest BCUT2D eigenvalue weighted by molar-refractivity contribution is 5.98. The van der Waals surface area contributed by atoms with Crippen molar-refractivity contribution in [2.24, 2.45) is 0 Å². The van der Waals surface area contributed by atoms with Crippen LogP contribution in [0.1, 0.15) is 61.4 Å². The minimum Gasteiger partial charge on any atom is -0.493 e. The average molecular weight is 601 g/mol. The summed E-state index contributed by atoms with van der Waals surface area (Å²) in [6, 6.07) is 15.3. The van der Waals surface area contributed by atoms with Crippen LogP contribution < -0.4 is 15.4 Å². The number of aryl methyl sites for hydroxylation is 1. The molecule has 6 rings (SSSR count). The predicted molar refractivity (Wildman–Crippen MR) is 166 cm³/mol. The molecule has 0 bridgehead atoms. The van der Waals surface area contributed by atoms with E-state index in [4.69, 9.17) is 18.9 Å². The van der Waals surface area contributed by atoms with Crippen LogP contribution in [-0.2, 0) is 4.74 Å². The van der Waals surface area contributed by atoms with Crippen molar-refractivity contribution in [1.82, 2.24) is 30.1 Å². The number of piperazine rings is 1. The van der Waals surface area contributed by atoms with Crippen LogP contribution in [0.3, 0.4) is 0 Å². The van der Waals surface area contributed by atoms with Gasteiger partial charge in [-0.3, -0.25) is 4.79 Å². The number of carbonyl (C=O) groups is 2. The molecular weight excluding hydrogens is 560 g/mol. The average Bonchev–Trinajstić information content (AvgIpc) is 3.64. The Morgan fingerprint density at radius 3 is 2.82 bits per heavy atom. The Kier molecular flexibility index (Phi) is 9.11. The SMILES string of the molecule is CCOC(=O)N[C@H]1CCCC[C@@H]1n1cnc(C(=O)N2CCNC[C@H]2CCOc2ccc3nc(C)oc3c2)c1-c1ccccc1. The Morgan fingerprint density at radius 1 is 1.14 bits per heavy atom. The van der Waals surface area contributed by atoms with Gasteiger partial charge < -0.3 is 34.0 Å². The fraction of sp³-hybridized carbons (Fsp3) is 0.455. The standard InChI is InChI=1S/C33H40N6O5/c1-3-42-33(41)37-26-11-7-8-12-28(26)39-21-35-30(31(39)23-9-5-4-6-10-23)32(40)38-17-16-34-20-24(38)15-18-43-25-13-14-27-29(19-25)44-22(2)36-27/h4-6,9-10,13-14,19,21,24,26,28,34H,3,7-8,11-12,15-18,20H2,1-2H3,(H,37,41)/t24-,26+,28+/m1/s1. The van der Waals surface area contributed by atoms with Gasteiger partial charge in [-0.15, -0.1) is 0 Å². The van der Waals surface area contributed by atoms with E-state index >= 15 is 0 Å². The smallest absolute Gasteiger partial charge is 0.407 e. The van der Waals surface area contributed by atoms with Crippen molar-refractivity contribution in [2.75, 3.05) is 32.8 Å². The molecule has 3 heterocycles. The van der Waals surface area contributed by atoms with Crippen LogP contribution >= 0.6 is 0 Å². The molecule has 0 unspecified atom stereocenters. The van der Waals surface area contributed by atoms with Crippen LogP contribution in [-0.4, -0.2) is 76.4 Å². The summed E-state index contributed by atoms with van der Waals surface area (Å²) in [6.45, 7) is 6.33. The number of nitrogens with one attached hydrogen (secondary N) is 2. The van der Waals surface area contributed by atoms with E-state index in [2.05, 4.69) is 20.2 Å². The Labute approximate surface area is 256 Å². The molecule has 2 amide bonds. The molecule has 1 aliphatic heterocycles. The summed E-state index contributed by atoms with van der Waals surface area (Å²) < 4.78 is 19.0. The van der Waals surface area contributed by atoms with Gasteiger partial charge in [0.2, 0.25) is 0 Å². The zero-order chi connectivity index (χ0) is 30.5. The van der Waals surface area contributed by atoms with E-state index < -0.39 is 6.09 Å². The van der Waals surface area contributed by atoms with Crippen molar-refractivity contribution in [3.05, 3.63) is 66.4 Å². The number of nitrogens with zero attached hydrogens (tertiary/aromatic N) is 4. The second-order valence-electron chi connectivity index (χ2n) is 11.4. The lowest BCUT2D eigenvalue weighted by Crippen LogP contribution is -2.54. The Morgan fingerprint density at radius 2 is 1.98 bits per heavy atom. The maximum Gasteiger partial charge on any atom is 0.407 e. The first kappa shape index (κ1) is 29.7. The third-order valence-corrected chi connectivity index (χ3v) is 8.51. The largest absolute Gasteiger partial charge is 0.493 e. The predicted octanol–water partition coefficient (Wildman–Crippen LogP) is 5.11. The maximum absolute atomic E-state index is 14.3. The Hall–Kier alpha value is -4.38. The molecule has 3 atom stereocenters. The summed E-state index contributed by atoms with van der Waals surface area (Å²) >= 11 is 0. The van der Waals surface area contributed by atoms with Crippen LogP contribution in [0.5, 0.6) is 5.75 Å². The highest BCUT2D eigenvalue weighted by Gasteiger charge is 2.35. The molecule has 2 aliphatic rings. The highest BCUT2D eigenvalue weighted by Crippen LogP contribution is 2.35. The highest BCUT2D eigenvalue weighted by atomic mass is 16.5. The zero-order valence-corrected chi connectivity index (χ0v) is 25.3. The molecule has 2 N–H and O–H groups in total. The van der Waals surface area contributed by atoms with Gasteiger partial charge in [0.05, 0.1) is 37.3 Å². The monoisotopic (exact) mass is 600 g/mol. The van der Waals surface area contributed by atoms with Crippen LogP contribution in [0.15, 0.2) is 59.3 Å². The van der Waals surface area contributed by atoms with Crippen LogP contribution in [0.2, 0.25) is 0 Å². The van der Waals surface area contributed by atoms with Crippen molar-refractivity contribution in [2.45, 2.75) is 64.1 Å². The maximum atomic E-state index is 14.3. The second kappa shape index (κ2) is 13.5. The van der Waals surface area contributed by atoms with E-state index in [1.54, 1.807) is 13.3 Å². The lowest BCUT2D eigenvalue weighted by Gasteiger charge is -2.36. The number of aromatic nitrogens is 3. The molecule has 11 heteroatoms. The number of benzene rings is 2. The Balaban J connectivity index is 1.23. The first-order valence-corrected chi connectivity index (χ1v) is 15.6. The number of fused-ring (bicyclic) bond motifs is 1. The fourth-order valence-corrected chi connectivity index (χ4v) is 6.43. The number of hydrogen-bond acceptors (Lipinski definition) is 8. The molecule has 1 saturated heterocycles. The van der Waals surface area contributed by atoms with Crippen molar-refractivity contribution in [1.29, 1.82) is 0 Å². The van der Waals surface area contributed by atoms with Crippen LogP contribution in [0.25, 0.3) is 22.4 Å². The lowest BCUT2D eigenvalue weighted by molar-refractivity contribution is 0.0601. The van der Waals surface area contributed by atoms with E-state index in [9.17, 15) is 9.59 Å². The van der Waals surface area contributed by atoms with Gasteiger partial charge >= 0.3 is 6.09 Å². The van der Waals surface area contributed by atoms with E-state index in [1.165, 1.54) is 0 Å². The number of amides is 2. The van der Waals surface area contributed by atoms with Gasteiger partial charge in [0.25, 0.3) is 5.91 Å². The zero-order valence-electron chi connectivity index (χ0n) is 25.3. The first-order valence-electron chi connectivity index (χ1n) is 15.6.